The van der Waals surface area contributed by atoms with E-state index in [0.717, 1.165) is 44.2 Å². The Morgan fingerprint density at radius 2 is 1.00 bits per heavy atom. The Kier molecular flexibility index (Phi) is 7.51. The first-order valence-electron chi connectivity index (χ1n) is 17.0. The molecule has 2 aromatic heterocycles. The molecule has 0 unspecified atom stereocenters. The van der Waals surface area contributed by atoms with Gasteiger partial charge >= 0.3 is 0 Å². The van der Waals surface area contributed by atoms with Crippen LogP contribution in [0.5, 0.6) is 0 Å². The number of nitrogens with zero attached hydrogens (tertiary/aromatic N) is 4. The summed E-state index contributed by atoms with van der Waals surface area (Å²) in [6.07, 6.45) is 0. The highest BCUT2D eigenvalue weighted by molar-refractivity contribution is 6.10. The van der Waals surface area contributed by atoms with Crippen molar-refractivity contribution in [3.05, 3.63) is 181 Å². The molecule has 9 rings (SSSR count). The number of aromatic nitrogens is 4. The smallest absolute Gasteiger partial charge is 0.164 e. The zero-order valence-electron chi connectivity index (χ0n) is 27.8. The van der Waals surface area contributed by atoms with Crippen molar-refractivity contribution in [1.82, 2.24) is 19.5 Å². The van der Waals surface area contributed by atoms with Crippen LogP contribution in [0.2, 0.25) is 0 Å². The minimum atomic E-state index is -0.313. The summed E-state index contributed by atoms with van der Waals surface area (Å²) >= 11 is 0. The van der Waals surface area contributed by atoms with Crippen molar-refractivity contribution in [2.75, 3.05) is 0 Å². The van der Waals surface area contributed by atoms with Gasteiger partial charge in [-0.25, -0.2) is 19.3 Å². The van der Waals surface area contributed by atoms with E-state index in [1.165, 1.54) is 17.2 Å². The molecular weight excluding hydrogens is 628 g/mol. The average molecular weight is 659 g/mol. The molecule has 0 fully saturated rings. The maximum absolute atomic E-state index is 15.6. The van der Waals surface area contributed by atoms with Crippen LogP contribution < -0.4 is 0 Å². The molecule has 0 aliphatic rings. The summed E-state index contributed by atoms with van der Waals surface area (Å²) in [7, 11) is 0. The second-order valence-corrected chi connectivity index (χ2v) is 12.6. The number of hydrogen-bond acceptors (Lipinski definition) is 3. The first kappa shape index (κ1) is 30.3. The molecule has 51 heavy (non-hydrogen) atoms. The number of aryl methyl sites for hydroxylation is 1. The molecule has 242 valence electrons. The van der Waals surface area contributed by atoms with Gasteiger partial charge in [0, 0.05) is 38.7 Å². The molecule has 2 heterocycles. The third kappa shape index (κ3) is 5.45. The largest absolute Gasteiger partial charge is 0.309 e. The fraction of sp³-hybridized carbons (Fsp3) is 0.0217. The first-order valence-corrected chi connectivity index (χ1v) is 17.0. The van der Waals surface area contributed by atoms with Crippen LogP contribution in [0.3, 0.4) is 0 Å². The van der Waals surface area contributed by atoms with Crippen LogP contribution in [-0.4, -0.2) is 19.5 Å². The van der Waals surface area contributed by atoms with Crippen molar-refractivity contribution in [1.29, 1.82) is 0 Å². The van der Waals surface area contributed by atoms with Crippen molar-refractivity contribution < 1.29 is 4.39 Å². The lowest BCUT2D eigenvalue weighted by Gasteiger charge is -2.16. The molecule has 0 aliphatic carbocycles. The minimum absolute atomic E-state index is 0.313. The fourth-order valence-electron chi connectivity index (χ4n) is 7.01. The van der Waals surface area contributed by atoms with Gasteiger partial charge in [0.2, 0.25) is 0 Å². The zero-order chi connectivity index (χ0) is 34.3. The average Bonchev–Trinajstić information content (AvgIpc) is 3.52. The van der Waals surface area contributed by atoms with Gasteiger partial charge in [-0.2, -0.15) is 0 Å². The molecule has 0 N–H and O–H groups in total. The minimum Gasteiger partial charge on any atom is -0.309 e. The molecule has 0 atom stereocenters. The van der Waals surface area contributed by atoms with E-state index in [1.807, 2.05) is 72.8 Å². The van der Waals surface area contributed by atoms with E-state index in [1.54, 1.807) is 12.1 Å². The van der Waals surface area contributed by atoms with Crippen molar-refractivity contribution in [2.24, 2.45) is 0 Å². The van der Waals surface area contributed by atoms with Crippen LogP contribution in [0, 0.1) is 12.7 Å². The van der Waals surface area contributed by atoms with Crippen LogP contribution in [-0.2, 0) is 0 Å². The Hall–Kier alpha value is -6.72. The zero-order valence-corrected chi connectivity index (χ0v) is 27.8. The van der Waals surface area contributed by atoms with Crippen LogP contribution in [0.4, 0.5) is 4.39 Å². The van der Waals surface area contributed by atoms with Crippen LogP contribution in [0.1, 0.15) is 5.56 Å². The molecular formula is C46H31FN4. The lowest BCUT2D eigenvalue weighted by atomic mass is 9.97. The van der Waals surface area contributed by atoms with Crippen LogP contribution in [0.25, 0.3) is 83.9 Å². The van der Waals surface area contributed by atoms with Gasteiger partial charge in [-0.05, 0) is 59.5 Å². The predicted octanol–water partition coefficient (Wildman–Crippen LogP) is 11.8. The summed E-state index contributed by atoms with van der Waals surface area (Å²) in [5.74, 6) is 1.24. The summed E-state index contributed by atoms with van der Waals surface area (Å²) < 4.78 is 17.9. The number of benzene rings is 7. The molecule has 4 nitrogen and oxygen atoms in total. The highest BCUT2D eigenvalue weighted by Gasteiger charge is 2.20. The Morgan fingerprint density at radius 1 is 0.412 bits per heavy atom. The van der Waals surface area contributed by atoms with E-state index in [2.05, 4.69) is 90.4 Å². The van der Waals surface area contributed by atoms with Gasteiger partial charge in [0.1, 0.15) is 5.82 Å². The molecule has 7 aromatic carbocycles. The van der Waals surface area contributed by atoms with Gasteiger partial charge in [0.25, 0.3) is 0 Å². The summed E-state index contributed by atoms with van der Waals surface area (Å²) in [6, 6.07) is 56.4. The maximum Gasteiger partial charge on any atom is 0.164 e. The standard InChI is InChI=1S/C46H31FN4/c1-30-14-8-9-19-35(30)33-24-26-39-38-21-11-13-23-42(38)51(43(39)28-33)34-25-27-36(37-20-10-12-22-41(37)47)40(29-34)46-49-44(31-15-4-2-5-16-31)48-45(50-46)32-17-6-3-7-18-32/h2-29H,1H3. The Balaban J connectivity index is 1.34. The topological polar surface area (TPSA) is 43.6 Å². The third-order valence-electron chi connectivity index (χ3n) is 9.50. The first-order chi connectivity index (χ1) is 25.1. The van der Waals surface area contributed by atoms with Gasteiger partial charge in [-0.1, -0.05) is 140 Å². The number of para-hydroxylation sites is 1. The molecule has 0 amide bonds. The maximum atomic E-state index is 15.6. The Bertz CT molecular complexity index is 2660. The van der Waals surface area contributed by atoms with Gasteiger partial charge in [0.15, 0.2) is 17.5 Å². The van der Waals surface area contributed by atoms with E-state index >= 15 is 4.39 Å². The van der Waals surface area contributed by atoms with E-state index in [0.29, 0.717) is 34.2 Å². The summed E-state index contributed by atoms with van der Waals surface area (Å²) in [5.41, 5.74) is 10.2. The Morgan fingerprint density at radius 3 is 1.71 bits per heavy atom. The summed E-state index contributed by atoms with van der Waals surface area (Å²) in [6.45, 7) is 2.14. The number of rotatable bonds is 6. The van der Waals surface area contributed by atoms with Crippen molar-refractivity contribution in [2.45, 2.75) is 6.92 Å². The number of halogens is 1. The van der Waals surface area contributed by atoms with Crippen molar-refractivity contribution in [3.63, 3.8) is 0 Å². The second-order valence-electron chi connectivity index (χ2n) is 12.6. The van der Waals surface area contributed by atoms with E-state index < -0.39 is 0 Å². The van der Waals surface area contributed by atoms with Crippen LogP contribution >= 0.6 is 0 Å². The van der Waals surface area contributed by atoms with E-state index in [9.17, 15) is 0 Å². The molecule has 0 bridgehead atoms. The molecule has 0 radical (unpaired) electrons. The molecule has 0 spiro atoms. The fourth-order valence-corrected chi connectivity index (χ4v) is 7.01. The Labute approximate surface area is 295 Å². The summed E-state index contributed by atoms with van der Waals surface area (Å²) in [4.78, 5) is 15.1. The van der Waals surface area contributed by atoms with Gasteiger partial charge in [0.05, 0.1) is 11.0 Å². The lowest BCUT2D eigenvalue weighted by molar-refractivity contribution is 0.631. The second kappa shape index (κ2) is 12.6. The number of fused-ring (bicyclic) bond motifs is 3. The SMILES string of the molecule is Cc1ccccc1-c1ccc2c3ccccc3n(-c3ccc(-c4ccccc4F)c(-c4nc(-c5ccccc5)nc(-c5ccccc5)n4)c3)c2c1. The molecule has 0 aliphatic heterocycles. The quantitative estimate of drug-likeness (QED) is 0.179. The molecule has 5 heteroatoms. The van der Waals surface area contributed by atoms with E-state index in [4.69, 9.17) is 15.0 Å². The van der Waals surface area contributed by atoms with Crippen LogP contribution in [0.15, 0.2) is 170 Å². The van der Waals surface area contributed by atoms with Gasteiger partial charge in [-0.15, -0.1) is 0 Å². The lowest BCUT2D eigenvalue weighted by Crippen LogP contribution is -2.03. The normalized spacial score (nSPS) is 11.3. The van der Waals surface area contributed by atoms with Crippen molar-refractivity contribution >= 4 is 21.8 Å². The predicted molar refractivity (Wildman–Crippen MR) is 206 cm³/mol. The number of hydrogen-bond donors (Lipinski definition) is 0. The monoisotopic (exact) mass is 658 g/mol. The highest BCUT2D eigenvalue weighted by Crippen LogP contribution is 2.39. The molecule has 0 saturated heterocycles. The van der Waals surface area contributed by atoms with Gasteiger partial charge < -0.3 is 4.57 Å². The van der Waals surface area contributed by atoms with Gasteiger partial charge in [-0.3, -0.25) is 0 Å². The van der Waals surface area contributed by atoms with E-state index in [-0.39, 0.29) is 5.82 Å². The summed E-state index contributed by atoms with van der Waals surface area (Å²) in [5, 5.41) is 2.31. The highest BCUT2D eigenvalue weighted by atomic mass is 19.1. The van der Waals surface area contributed by atoms with Crippen molar-refractivity contribution in [3.8, 4) is 62.1 Å². The molecule has 0 saturated carbocycles. The molecule has 9 aromatic rings. The third-order valence-corrected chi connectivity index (χ3v) is 9.50.